The summed E-state index contributed by atoms with van der Waals surface area (Å²) in [6.07, 6.45) is 0.426. The number of phenolic OH excluding ortho intramolecular Hbond substituents is 1. The fourth-order valence-electron chi connectivity index (χ4n) is 3.74. The number of hydrogen-bond acceptors (Lipinski definition) is 5. The number of carbonyl (C=O) groups is 4. The molecule has 2 heterocycles. The Morgan fingerprint density at radius 2 is 1.97 bits per heavy atom. The minimum atomic E-state index is -1.41. The largest absolute Gasteiger partial charge is 0.505 e. The summed E-state index contributed by atoms with van der Waals surface area (Å²) in [6, 6.07) is 5.16. The van der Waals surface area contributed by atoms with Gasteiger partial charge in [-0.3, -0.25) is 19.7 Å². The van der Waals surface area contributed by atoms with Crippen LogP contribution in [0.15, 0.2) is 30.3 Å². The third-order valence-electron chi connectivity index (χ3n) is 5.31. The van der Waals surface area contributed by atoms with E-state index in [2.05, 4.69) is 16.0 Å². The van der Waals surface area contributed by atoms with Gasteiger partial charge in [0.05, 0.1) is 0 Å². The molecule has 1 saturated heterocycles. The van der Waals surface area contributed by atoms with E-state index in [9.17, 15) is 33.1 Å². The highest BCUT2D eigenvalue weighted by molar-refractivity contribution is 6.05. The van der Waals surface area contributed by atoms with Crippen LogP contribution in [0.25, 0.3) is 0 Å². The number of rotatable bonds is 4. The third kappa shape index (κ3) is 4.09. The Bertz CT molecular complexity index is 1130. The predicted octanol–water partition coefficient (Wildman–Crippen LogP) is 1.75. The van der Waals surface area contributed by atoms with Crippen molar-refractivity contribution in [3.05, 3.63) is 58.7 Å². The Labute approximate surface area is 180 Å². The molecule has 2 aromatic carbocycles. The zero-order valence-electron chi connectivity index (χ0n) is 16.6. The van der Waals surface area contributed by atoms with E-state index in [1.54, 1.807) is 18.2 Å². The quantitative estimate of drug-likeness (QED) is 0.535. The van der Waals surface area contributed by atoms with Crippen molar-refractivity contribution in [2.45, 2.75) is 32.0 Å². The normalized spacial score (nSPS) is 17.8. The summed E-state index contributed by atoms with van der Waals surface area (Å²) < 4.78 is 26.5. The van der Waals surface area contributed by atoms with E-state index in [1.165, 1.54) is 4.90 Å². The summed E-state index contributed by atoms with van der Waals surface area (Å²) in [6.45, 7) is 0.274. The van der Waals surface area contributed by atoms with Crippen LogP contribution in [-0.4, -0.2) is 39.8 Å². The van der Waals surface area contributed by atoms with Crippen molar-refractivity contribution in [2.75, 3.05) is 5.32 Å². The number of benzene rings is 2. The molecule has 5 amide bonds. The maximum atomic E-state index is 13.3. The van der Waals surface area contributed by atoms with E-state index < -0.39 is 35.4 Å². The molecule has 9 nitrogen and oxygen atoms in total. The van der Waals surface area contributed by atoms with E-state index >= 15 is 0 Å². The lowest BCUT2D eigenvalue weighted by atomic mass is 10.0. The van der Waals surface area contributed by atoms with Gasteiger partial charge in [-0.05, 0) is 23.6 Å². The number of carbonyl (C=O) groups excluding carboxylic acids is 4. The summed E-state index contributed by atoms with van der Waals surface area (Å²) in [7, 11) is 0. The molecule has 4 rings (SSSR count). The maximum absolute atomic E-state index is 13.3. The number of fused-ring (bicyclic) bond motifs is 1. The number of urea groups is 1. The van der Waals surface area contributed by atoms with Crippen LogP contribution >= 0.6 is 0 Å². The number of anilines is 1. The highest BCUT2D eigenvalue weighted by atomic mass is 19.2. The molecule has 1 fully saturated rings. The lowest BCUT2D eigenvalue weighted by Gasteiger charge is -2.29. The van der Waals surface area contributed by atoms with E-state index in [1.807, 2.05) is 0 Å². The van der Waals surface area contributed by atoms with Gasteiger partial charge in [-0.1, -0.05) is 12.1 Å². The molecule has 2 aliphatic rings. The second kappa shape index (κ2) is 8.25. The van der Waals surface area contributed by atoms with Gasteiger partial charge in [-0.15, -0.1) is 0 Å². The van der Waals surface area contributed by atoms with Gasteiger partial charge in [0, 0.05) is 42.9 Å². The predicted molar refractivity (Wildman–Crippen MR) is 106 cm³/mol. The molecule has 32 heavy (non-hydrogen) atoms. The topological polar surface area (TPSA) is 128 Å². The number of hydrogen-bond donors (Lipinski definition) is 4. The number of imide groups is 1. The zero-order chi connectivity index (χ0) is 23.0. The molecular formula is C21H18F2N4O5. The van der Waals surface area contributed by atoms with Gasteiger partial charge in [0.25, 0.3) is 5.91 Å². The molecule has 11 heteroatoms. The Hall–Kier alpha value is -4.02. The van der Waals surface area contributed by atoms with E-state index in [-0.39, 0.29) is 43.4 Å². The minimum Gasteiger partial charge on any atom is -0.505 e. The van der Waals surface area contributed by atoms with Crippen LogP contribution in [0.4, 0.5) is 19.3 Å². The molecule has 0 aliphatic carbocycles. The summed E-state index contributed by atoms with van der Waals surface area (Å²) >= 11 is 0. The van der Waals surface area contributed by atoms with Gasteiger partial charge in [0.1, 0.15) is 6.04 Å². The summed E-state index contributed by atoms with van der Waals surface area (Å²) in [5.41, 5.74) is 1.67. The SMILES string of the molecule is O=C1CCC(N2Cc3cc(CNC(=O)Nc4cc(O)c(F)c(F)c4)ccc3C2=O)C(=O)N1. The number of nitrogens with one attached hydrogen (secondary N) is 3. The molecule has 0 saturated carbocycles. The van der Waals surface area contributed by atoms with Crippen molar-refractivity contribution in [3.8, 4) is 5.75 Å². The summed E-state index contributed by atoms with van der Waals surface area (Å²) in [5.74, 6) is -4.79. The number of nitrogens with zero attached hydrogens (tertiary/aromatic N) is 1. The zero-order valence-corrected chi connectivity index (χ0v) is 16.6. The Balaban J connectivity index is 1.38. The van der Waals surface area contributed by atoms with Crippen LogP contribution in [0, 0.1) is 11.6 Å². The molecular weight excluding hydrogens is 426 g/mol. The smallest absolute Gasteiger partial charge is 0.319 e. The molecule has 1 atom stereocenters. The number of amides is 5. The van der Waals surface area contributed by atoms with Gasteiger partial charge in [0.15, 0.2) is 17.4 Å². The van der Waals surface area contributed by atoms with Gasteiger partial charge in [-0.25, -0.2) is 9.18 Å². The summed E-state index contributed by atoms with van der Waals surface area (Å²) in [5, 5.41) is 16.4. The molecule has 2 aliphatic heterocycles. The number of phenols is 1. The van der Waals surface area contributed by atoms with Crippen molar-refractivity contribution >= 4 is 29.4 Å². The number of aromatic hydroxyl groups is 1. The van der Waals surface area contributed by atoms with E-state index in [4.69, 9.17) is 0 Å². The minimum absolute atomic E-state index is 0.0708. The molecule has 4 N–H and O–H groups in total. The maximum Gasteiger partial charge on any atom is 0.319 e. The second-order valence-corrected chi connectivity index (χ2v) is 7.49. The van der Waals surface area contributed by atoms with Crippen LogP contribution in [0.1, 0.15) is 34.3 Å². The molecule has 1 unspecified atom stereocenters. The average Bonchev–Trinajstić information content (AvgIpc) is 3.06. The second-order valence-electron chi connectivity index (χ2n) is 7.49. The molecule has 166 valence electrons. The van der Waals surface area contributed by atoms with Crippen molar-refractivity contribution < 1.29 is 33.1 Å². The first-order valence-electron chi connectivity index (χ1n) is 9.72. The average molecular weight is 444 g/mol. The first-order valence-corrected chi connectivity index (χ1v) is 9.72. The number of halogens is 2. The Morgan fingerprint density at radius 3 is 2.69 bits per heavy atom. The van der Waals surface area contributed by atoms with Crippen LogP contribution in [-0.2, 0) is 22.7 Å². The van der Waals surface area contributed by atoms with Crippen LogP contribution < -0.4 is 16.0 Å². The lowest BCUT2D eigenvalue weighted by molar-refractivity contribution is -0.136. The van der Waals surface area contributed by atoms with Gasteiger partial charge < -0.3 is 20.6 Å². The molecule has 2 aromatic rings. The highest BCUT2D eigenvalue weighted by Gasteiger charge is 2.39. The molecule has 0 radical (unpaired) electrons. The fourth-order valence-corrected chi connectivity index (χ4v) is 3.74. The van der Waals surface area contributed by atoms with Crippen LogP contribution in [0.3, 0.4) is 0 Å². The van der Waals surface area contributed by atoms with Crippen molar-refractivity contribution in [2.24, 2.45) is 0 Å². The summed E-state index contributed by atoms with van der Waals surface area (Å²) in [4.78, 5) is 49.6. The number of piperidine rings is 1. The lowest BCUT2D eigenvalue weighted by Crippen LogP contribution is -2.52. The van der Waals surface area contributed by atoms with E-state index in [0.29, 0.717) is 16.7 Å². The van der Waals surface area contributed by atoms with E-state index in [0.717, 1.165) is 12.1 Å². The van der Waals surface area contributed by atoms with Crippen molar-refractivity contribution in [3.63, 3.8) is 0 Å². The monoisotopic (exact) mass is 444 g/mol. The fraction of sp³-hybridized carbons (Fsp3) is 0.238. The molecule has 0 spiro atoms. The molecule has 0 aromatic heterocycles. The van der Waals surface area contributed by atoms with Gasteiger partial charge >= 0.3 is 6.03 Å². The third-order valence-corrected chi connectivity index (χ3v) is 5.31. The van der Waals surface area contributed by atoms with Gasteiger partial charge in [-0.2, -0.15) is 4.39 Å². The highest BCUT2D eigenvalue weighted by Crippen LogP contribution is 2.28. The Morgan fingerprint density at radius 1 is 1.19 bits per heavy atom. The van der Waals surface area contributed by atoms with Gasteiger partial charge in [0.2, 0.25) is 11.8 Å². The van der Waals surface area contributed by atoms with Crippen LogP contribution in [0.5, 0.6) is 5.75 Å². The van der Waals surface area contributed by atoms with Crippen LogP contribution in [0.2, 0.25) is 0 Å². The first kappa shape index (κ1) is 21.2. The first-order chi connectivity index (χ1) is 15.2. The molecule has 0 bridgehead atoms. The van der Waals surface area contributed by atoms with Crippen molar-refractivity contribution in [1.82, 2.24) is 15.5 Å². The standard InChI is InChI=1S/C21H18F2N4O5/c22-14-6-12(7-16(28)18(14)23)25-21(32)24-8-10-1-2-13-11(5-10)9-27(20(13)31)15-3-4-17(29)26-19(15)30/h1-2,5-7,15,28H,3-4,8-9H2,(H2,24,25,32)(H,26,29,30). The van der Waals surface area contributed by atoms with Crippen molar-refractivity contribution in [1.29, 1.82) is 0 Å². The Kier molecular flexibility index (Phi) is 5.47.